The van der Waals surface area contributed by atoms with Gasteiger partial charge in [0.05, 0.1) is 59.2 Å². The lowest BCUT2D eigenvalue weighted by molar-refractivity contribution is -0.141. The second-order valence-corrected chi connectivity index (χ2v) is 28.4. The summed E-state index contributed by atoms with van der Waals surface area (Å²) in [6.45, 7) is 8.24. The minimum absolute atomic E-state index is 0.130. The molecular weight excluding hydrogens is 1230 g/mol. The van der Waals surface area contributed by atoms with Crippen LogP contribution in [0.3, 0.4) is 0 Å². The fourth-order valence-corrected chi connectivity index (χ4v) is 18.0. The Morgan fingerprint density at radius 1 is 0.384 bits per heavy atom. The number of nitriles is 4. The van der Waals surface area contributed by atoms with Crippen LogP contribution in [0.1, 0.15) is 149 Å². The van der Waals surface area contributed by atoms with E-state index in [9.17, 15) is 40.2 Å². The van der Waals surface area contributed by atoms with Gasteiger partial charge in [-0.15, -0.1) is 0 Å². The number of carbonyl (C=O) groups excluding carboxylic acids is 4. The first-order chi connectivity index (χ1) is 41.9. The largest absolute Gasteiger partial charge is 0.462 e. The summed E-state index contributed by atoms with van der Waals surface area (Å²) >= 11 is 11.0. The lowest BCUT2D eigenvalue weighted by Gasteiger charge is -2.09. The van der Waals surface area contributed by atoms with Crippen LogP contribution in [0.25, 0.3) is 24.3 Å². The average molecular weight is 1290 g/mol. The molecule has 7 rings (SSSR count). The van der Waals surface area contributed by atoms with Gasteiger partial charge in [0.2, 0.25) is 0 Å². The molecular formula is C66H58N4O8S8. The smallest absolute Gasteiger partial charge is 0.346 e. The van der Waals surface area contributed by atoms with E-state index in [1.54, 1.807) is 47.0 Å². The zero-order valence-corrected chi connectivity index (χ0v) is 54.2. The van der Waals surface area contributed by atoms with Crippen molar-refractivity contribution in [2.75, 3.05) is 26.4 Å². The summed E-state index contributed by atoms with van der Waals surface area (Å²) in [5, 5.41) is 37.1. The highest BCUT2D eigenvalue weighted by molar-refractivity contribution is 8.30. The maximum absolute atomic E-state index is 13.5. The minimum Gasteiger partial charge on any atom is -0.462 e. The fourth-order valence-electron chi connectivity index (χ4n) is 7.86. The molecule has 4 aliphatic rings. The number of carbonyl (C=O) groups is 4. The van der Waals surface area contributed by atoms with Crippen LogP contribution >= 0.6 is 94.1 Å². The Labute approximate surface area is 537 Å². The molecule has 4 aliphatic heterocycles. The fraction of sp³-hybridized carbons (Fsp3) is 0.303. The molecule has 0 saturated carbocycles. The van der Waals surface area contributed by atoms with E-state index in [-0.39, 0.29) is 46.0 Å². The van der Waals surface area contributed by atoms with Crippen LogP contribution in [-0.4, -0.2) is 50.3 Å². The van der Waals surface area contributed by atoms with Crippen LogP contribution in [0.5, 0.6) is 0 Å². The van der Waals surface area contributed by atoms with Gasteiger partial charge in [-0.2, -0.15) is 21.0 Å². The standard InChI is InChI=1S/C66H58N4O8S8/c1-5-33-75-63(71)59-60(64(72)76-34-6-2)84-57(83-59)41-49-39-48(28-26-44-19-23-46(24-20-44)38-56-81-53(15-11-31-69)54(82-56)16-12-32-70)50(42-58-85-61(65(73)77-35-7-3)62(86-58)66(74)78-36-8-4)40-47(49)27-25-43-17-21-45(22-18-43)37-55-79-51(13-9-29-67)52(80-55)14-10-30-68/h17-24,37-42H,5-16,33-36H2,1-4H3. The second-order valence-electron chi connectivity index (χ2n) is 18.6. The first kappa shape index (κ1) is 66.9. The minimum atomic E-state index is -0.625. The van der Waals surface area contributed by atoms with E-state index in [1.807, 2.05) is 101 Å². The number of hydrogen-bond acceptors (Lipinski definition) is 20. The Bertz CT molecular complexity index is 3320. The molecule has 0 radical (unpaired) electrons. The Morgan fingerprint density at radius 2 is 0.651 bits per heavy atom. The number of ether oxygens (including phenoxy) is 4. The van der Waals surface area contributed by atoms with E-state index in [4.69, 9.17) is 18.9 Å². The summed E-state index contributed by atoms with van der Waals surface area (Å²) in [4.78, 5) is 59.2. The van der Waals surface area contributed by atoms with Crippen molar-refractivity contribution in [1.82, 2.24) is 0 Å². The molecule has 0 amide bonds. The molecule has 0 bridgehead atoms. The molecule has 3 aromatic carbocycles. The average Bonchev–Trinajstić information content (AvgIpc) is 2.16. The normalized spacial score (nSPS) is 14.3. The van der Waals surface area contributed by atoms with Gasteiger partial charge < -0.3 is 18.9 Å². The van der Waals surface area contributed by atoms with Crippen molar-refractivity contribution in [2.24, 2.45) is 0 Å². The number of allylic oxidation sites excluding steroid dienone is 4. The molecule has 0 unspecified atom stereocenters. The number of nitrogens with zero attached hydrogens (tertiary/aromatic N) is 4. The van der Waals surface area contributed by atoms with Crippen molar-refractivity contribution in [2.45, 2.75) is 105 Å². The van der Waals surface area contributed by atoms with Crippen LogP contribution in [0.2, 0.25) is 0 Å². The quantitative estimate of drug-likeness (QED) is 0.0465. The van der Waals surface area contributed by atoms with Crippen molar-refractivity contribution >= 4 is 142 Å². The SMILES string of the molecule is CCCOC(=O)C1=C(C(=O)OCCC)SC(=Cc2cc(C#Cc3ccc(C=C4SC(CCC#N)=C(CCC#N)S4)cc3)c(C=C3SC(C(=O)OCCC)=C(C(=O)OCCC)S3)cc2C#Cc2ccc(C=C3SC(CCC#N)=C(CCC#N)S3)cc2)S1. The van der Waals surface area contributed by atoms with Crippen LogP contribution in [0, 0.1) is 69.0 Å². The lowest BCUT2D eigenvalue weighted by Crippen LogP contribution is -2.12. The zero-order chi connectivity index (χ0) is 61.2. The van der Waals surface area contributed by atoms with Gasteiger partial charge in [-0.1, -0.05) is 170 Å². The Hall–Kier alpha value is -6.66. The molecule has 0 fully saturated rings. The maximum Gasteiger partial charge on any atom is 0.346 e. The summed E-state index contributed by atoms with van der Waals surface area (Å²) < 4.78 is 25.5. The molecule has 4 heterocycles. The van der Waals surface area contributed by atoms with Crippen LogP contribution in [0.15, 0.2) is 117 Å². The van der Waals surface area contributed by atoms with Crippen molar-refractivity contribution in [3.8, 4) is 48.0 Å². The number of rotatable bonds is 24. The van der Waals surface area contributed by atoms with Crippen LogP contribution in [0.4, 0.5) is 0 Å². The molecule has 20 heteroatoms. The molecule has 0 aromatic heterocycles. The van der Waals surface area contributed by atoms with Gasteiger partial charge in [0.1, 0.15) is 19.6 Å². The molecule has 3 aromatic rings. The molecule has 0 aliphatic carbocycles. The summed E-state index contributed by atoms with van der Waals surface area (Å²) in [6.07, 6.45) is 14.4. The first-order valence-corrected chi connectivity index (χ1v) is 34.2. The second kappa shape index (κ2) is 35.2. The molecule has 86 heavy (non-hydrogen) atoms. The van der Waals surface area contributed by atoms with Crippen molar-refractivity contribution < 1.29 is 38.1 Å². The molecule has 0 spiro atoms. The van der Waals surface area contributed by atoms with Gasteiger partial charge in [0.25, 0.3) is 0 Å². The van der Waals surface area contributed by atoms with Gasteiger partial charge in [0, 0.05) is 76.0 Å². The number of esters is 4. The van der Waals surface area contributed by atoms with E-state index < -0.39 is 23.9 Å². The van der Waals surface area contributed by atoms with E-state index in [1.165, 1.54) is 0 Å². The summed E-state index contributed by atoms with van der Waals surface area (Å²) in [5.41, 5.74) is 5.70. The monoisotopic (exact) mass is 1290 g/mol. The molecule has 0 atom stereocenters. The van der Waals surface area contributed by atoms with Crippen molar-refractivity contribution in [1.29, 1.82) is 21.0 Å². The third kappa shape index (κ3) is 19.7. The topological polar surface area (TPSA) is 200 Å². The molecule has 0 saturated heterocycles. The summed E-state index contributed by atoms with van der Waals surface area (Å²) in [7, 11) is 0. The number of benzene rings is 3. The third-order valence-corrected chi connectivity index (χ3v) is 22.1. The number of thioether (sulfide) groups is 8. The van der Waals surface area contributed by atoms with E-state index in [2.05, 4.69) is 60.1 Å². The maximum atomic E-state index is 13.5. The zero-order valence-electron chi connectivity index (χ0n) is 47.7. The Balaban J connectivity index is 1.32. The predicted octanol–water partition coefficient (Wildman–Crippen LogP) is 17.5. The van der Waals surface area contributed by atoms with Gasteiger partial charge in [-0.3, -0.25) is 0 Å². The van der Waals surface area contributed by atoms with Gasteiger partial charge >= 0.3 is 23.9 Å². The third-order valence-electron chi connectivity index (χ3n) is 11.9. The molecule has 438 valence electrons. The highest BCUT2D eigenvalue weighted by Gasteiger charge is 2.35. The number of hydrogen-bond donors (Lipinski definition) is 0. The highest BCUT2D eigenvalue weighted by Crippen LogP contribution is 2.55. The van der Waals surface area contributed by atoms with Crippen molar-refractivity contribution in [3.63, 3.8) is 0 Å². The van der Waals surface area contributed by atoms with Crippen LogP contribution in [-0.2, 0) is 38.1 Å². The van der Waals surface area contributed by atoms with Gasteiger partial charge in [-0.25, -0.2) is 19.2 Å². The van der Waals surface area contributed by atoms with E-state index >= 15 is 0 Å². The van der Waals surface area contributed by atoms with Crippen LogP contribution < -0.4 is 0 Å². The molecule has 12 nitrogen and oxygen atoms in total. The summed E-state index contributed by atoms with van der Waals surface area (Å²) in [6, 6.07) is 28.4. The summed E-state index contributed by atoms with van der Waals surface area (Å²) in [5.74, 6) is 11.0. The van der Waals surface area contributed by atoms with Gasteiger partial charge in [-0.05, 0) is 134 Å². The highest BCUT2D eigenvalue weighted by atomic mass is 32.2. The van der Waals surface area contributed by atoms with Gasteiger partial charge in [0.15, 0.2) is 0 Å². The van der Waals surface area contributed by atoms with Crippen molar-refractivity contribution in [3.05, 3.63) is 161 Å². The van der Waals surface area contributed by atoms with E-state index in [0.717, 1.165) is 86.3 Å². The predicted molar refractivity (Wildman–Crippen MR) is 356 cm³/mol. The Kier molecular flexibility index (Phi) is 27.4. The van der Waals surface area contributed by atoms with E-state index in [0.29, 0.717) is 119 Å². The molecule has 0 N–H and O–H groups in total. The lowest BCUT2D eigenvalue weighted by atomic mass is 9.97. The Morgan fingerprint density at radius 3 is 0.907 bits per heavy atom. The first-order valence-electron chi connectivity index (χ1n) is 27.7.